The average Bonchev–Trinajstić information content (AvgIpc) is 3.39. The van der Waals surface area contributed by atoms with Gasteiger partial charge in [-0.2, -0.15) is 0 Å². The lowest BCUT2D eigenvalue weighted by Gasteiger charge is -2.26. The summed E-state index contributed by atoms with van der Waals surface area (Å²) in [7, 11) is 0. The fraction of sp³-hybridized carbons (Fsp3) is 0.206. The standard InChI is InChI=1S/C34H31NO5/c1-34(2,26-11-7-4-8-12-26)27-13-17-29(18-14-27)40-30-19-15-28(16-20-30)35-22-25(21-32(35)37)33(38)39-23-31(36)24-9-5-3-6-10-24/h3-20,25H,21-23H2,1-2H3/t25-/m1/s1. The smallest absolute Gasteiger partial charge is 0.311 e. The number of esters is 1. The van der Waals surface area contributed by atoms with Crippen LogP contribution in [0.4, 0.5) is 5.69 Å². The first-order chi connectivity index (χ1) is 19.3. The summed E-state index contributed by atoms with van der Waals surface area (Å²) in [5, 5.41) is 0. The van der Waals surface area contributed by atoms with Crippen molar-refractivity contribution in [3.8, 4) is 11.5 Å². The SMILES string of the molecule is CC(C)(c1ccccc1)c1ccc(Oc2ccc(N3C[C@H](C(=O)OCC(=O)c4ccccc4)CC3=O)cc2)cc1. The van der Waals surface area contributed by atoms with Crippen LogP contribution in [-0.2, 0) is 19.7 Å². The summed E-state index contributed by atoms with van der Waals surface area (Å²) in [6.07, 6.45) is 0.0439. The number of nitrogens with zero attached hydrogens (tertiary/aromatic N) is 1. The summed E-state index contributed by atoms with van der Waals surface area (Å²) in [4.78, 5) is 39.0. The van der Waals surface area contributed by atoms with E-state index < -0.39 is 11.9 Å². The van der Waals surface area contributed by atoms with Gasteiger partial charge in [0.2, 0.25) is 5.91 Å². The molecule has 5 rings (SSSR count). The van der Waals surface area contributed by atoms with Crippen molar-refractivity contribution in [3.63, 3.8) is 0 Å². The Bertz CT molecular complexity index is 1480. The maximum Gasteiger partial charge on any atom is 0.311 e. The van der Waals surface area contributed by atoms with Crippen LogP contribution < -0.4 is 9.64 Å². The van der Waals surface area contributed by atoms with Crippen molar-refractivity contribution in [2.24, 2.45) is 5.92 Å². The number of rotatable bonds is 9. The largest absolute Gasteiger partial charge is 0.457 e. The monoisotopic (exact) mass is 533 g/mol. The molecule has 4 aromatic rings. The molecule has 0 unspecified atom stereocenters. The van der Waals surface area contributed by atoms with Crippen molar-refractivity contribution in [3.05, 3.63) is 126 Å². The number of benzene rings is 4. The fourth-order valence-corrected chi connectivity index (χ4v) is 4.87. The van der Waals surface area contributed by atoms with Gasteiger partial charge >= 0.3 is 5.97 Å². The molecule has 6 nitrogen and oxygen atoms in total. The van der Waals surface area contributed by atoms with Gasteiger partial charge in [-0.15, -0.1) is 0 Å². The van der Waals surface area contributed by atoms with Gasteiger partial charge < -0.3 is 14.4 Å². The van der Waals surface area contributed by atoms with Gasteiger partial charge in [0.25, 0.3) is 0 Å². The molecule has 0 radical (unpaired) electrons. The first-order valence-corrected chi connectivity index (χ1v) is 13.3. The van der Waals surface area contributed by atoms with Crippen LogP contribution in [-0.4, -0.2) is 30.8 Å². The summed E-state index contributed by atoms with van der Waals surface area (Å²) < 4.78 is 11.3. The minimum absolute atomic E-state index is 0.0439. The lowest BCUT2D eigenvalue weighted by atomic mass is 9.78. The molecule has 0 saturated carbocycles. The van der Waals surface area contributed by atoms with Gasteiger partial charge in [0.05, 0.1) is 5.92 Å². The van der Waals surface area contributed by atoms with Crippen molar-refractivity contribution in [2.75, 3.05) is 18.1 Å². The maximum absolute atomic E-state index is 12.7. The Morgan fingerprint density at radius 1 is 0.775 bits per heavy atom. The van der Waals surface area contributed by atoms with Crippen LogP contribution >= 0.6 is 0 Å². The van der Waals surface area contributed by atoms with E-state index in [-0.39, 0.29) is 36.7 Å². The molecule has 0 bridgehead atoms. The van der Waals surface area contributed by atoms with Crippen LogP contribution in [0.1, 0.15) is 41.8 Å². The minimum atomic E-state index is -0.620. The van der Waals surface area contributed by atoms with Crippen LogP contribution in [0.2, 0.25) is 0 Å². The maximum atomic E-state index is 12.7. The summed E-state index contributed by atoms with van der Waals surface area (Å²) in [5.74, 6) is -0.252. The minimum Gasteiger partial charge on any atom is -0.457 e. The van der Waals surface area contributed by atoms with Gasteiger partial charge in [0, 0.05) is 29.6 Å². The number of hydrogen-bond acceptors (Lipinski definition) is 5. The first-order valence-electron chi connectivity index (χ1n) is 13.3. The Morgan fingerprint density at radius 3 is 1.95 bits per heavy atom. The highest BCUT2D eigenvalue weighted by molar-refractivity contribution is 6.01. The molecule has 1 heterocycles. The number of carbonyl (C=O) groups excluding carboxylic acids is 3. The van der Waals surface area contributed by atoms with Crippen molar-refractivity contribution in [1.82, 2.24) is 0 Å². The molecule has 1 aliphatic heterocycles. The molecule has 1 atom stereocenters. The Labute approximate surface area is 234 Å². The lowest BCUT2D eigenvalue weighted by molar-refractivity contribution is -0.147. The lowest BCUT2D eigenvalue weighted by Crippen LogP contribution is -2.27. The Kier molecular flexibility index (Phi) is 7.78. The molecule has 1 aliphatic rings. The first kappa shape index (κ1) is 26.9. The molecule has 1 amide bonds. The average molecular weight is 534 g/mol. The zero-order valence-corrected chi connectivity index (χ0v) is 22.6. The van der Waals surface area contributed by atoms with Crippen LogP contribution in [0.5, 0.6) is 11.5 Å². The van der Waals surface area contributed by atoms with Crippen molar-refractivity contribution in [1.29, 1.82) is 0 Å². The molecule has 0 spiro atoms. The van der Waals surface area contributed by atoms with E-state index >= 15 is 0 Å². The van der Waals surface area contributed by atoms with Crippen LogP contribution in [0, 0.1) is 5.92 Å². The van der Waals surface area contributed by atoms with Crippen molar-refractivity contribution >= 4 is 23.3 Å². The van der Waals surface area contributed by atoms with E-state index in [1.54, 1.807) is 53.4 Å². The van der Waals surface area contributed by atoms with Crippen LogP contribution in [0.3, 0.4) is 0 Å². The molecule has 4 aromatic carbocycles. The van der Waals surface area contributed by atoms with E-state index in [0.717, 1.165) is 0 Å². The number of Topliss-reactive ketones (excluding diaryl/α,β-unsaturated/α-hetero) is 1. The molecule has 1 fully saturated rings. The predicted molar refractivity (Wildman–Crippen MR) is 154 cm³/mol. The fourth-order valence-electron chi connectivity index (χ4n) is 4.87. The Hall–Kier alpha value is -4.71. The normalized spacial score (nSPS) is 15.1. The number of carbonyl (C=O) groups is 3. The zero-order chi connectivity index (χ0) is 28.1. The third-order valence-corrected chi connectivity index (χ3v) is 7.36. The van der Waals surface area contributed by atoms with Crippen LogP contribution in [0.25, 0.3) is 0 Å². The molecular formula is C34H31NO5. The molecule has 6 heteroatoms. The summed E-state index contributed by atoms with van der Waals surface area (Å²) in [5.41, 5.74) is 3.45. The molecular weight excluding hydrogens is 502 g/mol. The van der Waals surface area contributed by atoms with E-state index in [4.69, 9.17) is 9.47 Å². The highest BCUT2D eigenvalue weighted by Crippen LogP contribution is 2.34. The van der Waals surface area contributed by atoms with E-state index in [1.807, 2.05) is 24.3 Å². The molecule has 40 heavy (non-hydrogen) atoms. The highest BCUT2D eigenvalue weighted by atomic mass is 16.5. The predicted octanol–water partition coefficient (Wildman–Crippen LogP) is 6.58. The number of amides is 1. The zero-order valence-electron chi connectivity index (χ0n) is 22.6. The second kappa shape index (κ2) is 11.6. The number of ether oxygens (including phenoxy) is 2. The highest BCUT2D eigenvalue weighted by Gasteiger charge is 2.36. The quantitative estimate of drug-likeness (QED) is 0.179. The number of anilines is 1. The van der Waals surface area contributed by atoms with Crippen molar-refractivity contribution < 1.29 is 23.9 Å². The summed E-state index contributed by atoms with van der Waals surface area (Å²) in [6, 6.07) is 34.3. The Balaban J connectivity index is 1.16. The van der Waals surface area contributed by atoms with Gasteiger partial charge in [-0.25, -0.2) is 0 Å². The van der Waals surface area contributed by atoms with Crippen LogP contribution in [0.15, 0.2) is 109 Å². The second-order valence-electron chi connectivity index (χ2n) is 10.4. The third-order valence-electron chi connectivity index (χ3n) is 7.36. The topological polar surface area (TPSA) is 72.9 Å². The van der Waals surface area contributed by atoms with E-state index in [9.17, 15) is 14.4 Å². The van der Waals surface area contributed by atoms with Gasteiger partial charge in [-0.3, -0.25) is 14.4 Å². The van der Waals surface area contributed by atoms with Gasteiger partial charge in [-0.1, -0.05) is 86.6 Å². The molecule has 1 saturated heterocycles. The molecule has 0 aromatic heterocycles. The number of ketones is 1. The molecule has 202 valence electrons. The molecule has 0 N–H and O–H groups in total. The van der Waals surface area contributed by atoms with Gasteiger partial charge in [-0.05, 0) is 47.5 Å². The van der Waals surface area contributed by atoms with E-state index in [2.05, 4.69) is 50.2 Å². The van der Waals surface area contributed by atoms with E-state index in [1.165, 1.54) is 11.1 Å². The van der Waals surface area contributed by atoms with Gasteiger partial charge in [0.1, 0.15) is 11.5 Å². The summed E-state index contributed by atoms with van der Waals surface area (Å²) in [6.45, 7) is 4.26. The van der Waals surface area contributed by atoms with Gasteiger partial charge in [0.15, 0.2) is 12.4 Å². The number of hydrogen-bond donors (Lipinski definition) is 0. The summed E-state index contributed by atoms with van der Waals surface area (Å²) >= 11 is 0. The molecule has 0 aliphatic carbocycles. The van der Waals surface area contributed by atoms with Crippen molar-refractivity contribution in [2.45, 2.75) is 25.7 Å². The third kappa shape index (κ3) is 5.96. The Morgan fingerprint density at radius 2 is 1.32 bits per heavy atom. The van der Waals surface area contributed by atoms with E-state index in [0.29, 0.717) is 22.7 Å². The second-order valence-corrected chi connectivity index (χ2v) is 10.4.